The summed E-state index contributed by atoms with van der Waals surface area (Å²) in [6.07, 6.45) is 4.47. The van der Waals surface area contributed by atoms with Crippen LogP contribution in [0.15, 0.2) is 107 Å². The van der Waals surface area contributed by atoms with Gasteiger partial charge < -0.3 is 43.2 Å². The number of ether oxygens (including phenoxy) is 2. The van der Waals surface area contributed by atoms with Crippen molar-refractivity contribution in [2.75, 3.05) is 26.2 Å². The molecule has 124 heavy (non-hydrogen) atoms. The molecular weight excluding hydrogens is 2210 g/mol. The summed E-state index contributed by atoms with van der Waals surface area (Å²) in [5.41, 5.74) is -15.8. The van der Waals surface area contributed by atoms with Crippen molar-refractivity contribution in [2.24, 2.45) is 22.7 Å². The molecule has 2 N–H and O–H groups in total. The van der Waals surface area contributed by atoms with Crippen LogP contribution in [-0.4, -0.2) is 162 Å². The van der Waals surface area contributed by atoms with Gasteiger partial charge in [0.1, 0.15) is 60.1 Å². The van der Waals surface area contributed by atoms with E-state index in [-0.39, 0.29) is 94.8 Å². The molecule has 0 fully saturated rings. The van der Waals surface area contributed by atoms with Crippen molar-refractivity contribution in [3.8, 4) is 17.3 Å². The summed E-state index contributed by atoms with van der Waals surface area (Å²) in [4.78, 5) is 74.9. The molecular formula is C69H106AgBr3Cl3F9N8O21P2S6Si2. The number of isocyanates is 1. The van der Waals surface area contributed by atoms with Crippen molar-refractivity contribution >= 4 is 209 Å². The maximum absolute atomic E-state index is 12.1. The van der Waals surface area contributed by atoms with Gasteiger partial charge in [-0.25, -0.2) is 32.4 Å². The Kier molecular flexibility index (Phi) is 73.6. The monoisotopic (exact) mass is 2310 g/mol. The summed E-state index contributed by atoms with van der Waals surface area (Å²) in [6, 6.07) is 22.2. The number of oxazole rings is 2. The zero-order valence-corrected chi connectivity index (χ0v) is 87.5. The van der Waals surface area contributed by atoms with Crippen LogP contribution in [0.5, 0.6) is 5.88 Å². The Bertz CT molecular complexity index is 4330. The Morgan fingerprint density at radius 3 is 1.35 bits per heavy atom. The number of carbonyl (C=O) groups is 4. The van der Waals surface area contributed by atoms with E-state index in [4.69, 9.17) is 57.8 Å². The van der Waals surface area contributed by atoms with Gasteiger partial charge in [-0.1, -0.05) is 187 Å². The molecule has 0 bridgehead atoms. The molecule has 5 heterocycles. The van der Waals surface area contributed by atoms with Crippen molar-refractivity contribution in [3.63, 3.8) is 0 Å². The number of amides is 2. The Morgan fingerprint density at radius 2 is 1.04 bits per heavy atom. The average molecular weight is 2320 g/mol. The normalized spacial score (nSPS) is 12.9. The SMILES string of the molecule is Brc1cccc(Br)n1.C.CC(C[Si](C)(C)C(C)(C)C)C(=O)Cl.CC(C[Si](C)(C)C(C)(C)C)C(=O)O.CCC(C)C1=NC(=O)CO1.CCC(C)c1nc(OS(=O)(=O)C(F)(F)F)co1.CCC(NC(=O)OCc1ccccc1)c1nc(-c2cccc(Br)n2)co1.CCN(CC)CC.O=S(=O)(OS(=O)(=O)C(F)(F)F)C(F)(F)F.O=S(Cl)Cl.O=S=P.O=S=P.[Ag+].[N-]=C=O. The molecule has 29 nitrogen and oxygen atoms in total. The maximum Gasteiger partial charge on any atom is 1.00 e. The summed E-state index contributed by atoms with van der Waals surface area (Å²) in [5, 5.41) is 18.8. The van der Waals surface area contributed by atoms with E-state index in [1.54, 1.807) is 6.92 Å². The Labute approximate surface area is 790 Å². The number of carbonyl (C=O) groups excluding carboxylic acids is 4. The molecule has 0 spiro atoms. The first-order chi connectivity index (χ1) is 55.5. The Morgan fingerprint density at radius 1 is 0.653 bits per heavy atom. The number of carboxylic acid groups (broad SMARTS) is 1. The number of hydrogen-bond acceptors (Lipinski definition) is 25. The van der Waals surface area contributed by atoms with Gasteiger partial charge in [-0.15, -0.1) is 3.63 Å². The number of hydrogen-bond donors (Lipinski definition) is 2. The first-order valence-electron chi connectivity index (χ1n) is 35.2. The van der Waals surface area contributed by atoms with Gasteiger partial charge in [0.15, 0.2) is 24.7 Å². The summed E-state index contributed by atoms with van der Waals surface area (Å²) >= 11 is 15.2. The van der Waals surface area contributed by atoms with Crippen LogP contribution in [0.2, 0.25) is 48.4 Å². The quantitative estimate of drug-likeness (QED) is 0.00706. The number of halogens is 15. The molecule has 5 aromatic rings. The van der Waals surface area contributed by atoms with Crippen molar-refractivity contribution in [1.29, 1.82) is 0 Å². The van der Waals surface area contributed by atoms with Crippen molar-refractivity contribution in [1.82, 2.24) is 30.2 Å². The summed E-state index contributed by atoms with van der Waals surface area (Å²) in [7, 11) is -9.07. The third-order valence-electron chi connectivity index (χ3n) is 16.6. The Hall–Kier alpha value is -3.92. The van der Waals surface area contributed by atoms with E-state index in [0.29, 0.717) is 73.4 Å². The Balaban J connectivity index is -0.000000207. The van der Waals surface area contributed by atoms with Crippen molar-refractivity contribution in [3.05, 3.63) is 116 Å². The molecule has 1 aliphatic rings. The number of carboxylic acids is 1. The van der Waals surface area contributed by atoms with E-state index in [1.807, 2.05) is 112 Å². The maximum atomic E-state index is 12.1. The molecule has 0 saturated carbocycles. The van der Waals surface area contributed by atoms with Crippen LogP contribution in [0.1, 0.15) is 167 Å². The predicted octanol–water partition coefficient (Wildman–Crippen LogP) is 22.1. The number of nitrogens with zero attached hydrogens (tertiary/aromatic N) is 7. The third kappa shape index (κ3) is 61.6. The molecule has 4 aromatic heterocycles. The molecule has 55 heteroatoms. The number of aromatic nitrogens is 4. The fourth-order valence-electron chi connectivity index (χ4n) is 7.54. The van der Waals surface area contributed by atoms with Gasteiger partial charge in [0.25, 0.3) is 11.8 Å². The van der Waals surface area contributed by atoms with Crippen molar-refractivity contribution in [2.45, 2.75) is 221 Å². The number of rotatable bonds is 23. The number of alkyl halides is 9. The second-order valence-electron chi connectivity index (χ2n) is 27.7. The van der Waals surface area contributed by atoms with Crippen LogP contribution >= 0.6 is 96.8 Å². The molecule has 5 unspecified atom stereocenters. The average Bonchev–Trinajstić information content (AvgIpc) is 1.06. The smallest absolute Gasteiger partial charge is 0.724 e. The molecule has 1 aliphatic heterocycles. The predicted molar refractivity (Wildman–Crippen MR) is 482 cm³/mol. The molecule has 0 aliphatic carbocycles. The topological polar surface area (TPSA) is 424 Å². The van der Waals surface area contributed by atoms with Crippen LogP contribution < -0.4 is 9.50 Å². The van der Waals surface area contributed by atoms with E-state index in [9.17, 15) is 83.9 Å². The fraction of sp³-hybridized carbons (Fsp3) is 0.594. The van der Waals surface area contributed by atoms with Gasteiger partial charge in [-0.05, 0) is 172 Å². The van der Waals surface area contributed by atoms with Gasteiger partial charge in [-0.3, -0.25) is 19.2 Å². The fourth-order valence-corrected chi connectivity index (χ4v) is 15.6. The van der Waals surface area contributed by atoms with Gasteiger partial charge in [-0.2, -0.15) is 74.7 Å². The minimum atomic E-state index is -6.85. The molecule has 5 atom stereocenters. The minimum Gasteiger partial charge on any atom is -0.724 e. The van der Waals surface area contributed by atoms with Crippen LogP contribution in [0.4, 0.5) is 44.3 Å². The third-order valence-corrected chi connectivity index (χ3v) is 33.2. The number of aliphatic imine (C=N–C) groups is 1. The molecule has 1 aromatic carbocycles. The van der Waals surface area contributed by atoms with E-state index in [1.165, 1.54) is 25.9 Å². The van der Waals surface area contributed by atoms with E-state index >= 15 is 0 Å². The van der Waals surface area contributed by atoms with Gasteiger partial charge >= 0.3 is 81.3 Å². The van der Waals surface area contributed by atoms with E-state index < -0.39 is 90.2 Å². The molecule has 0 saturated heterocycles. The number of benzene rings is 1. The van der Waals surface area contributed by atoms with E-state index in [0.717, 1.165) is 39.5 Å². The molecule has 718 valence electrons. The van der Waals surface area contributed by atoms with Crippen LogP contribution in [0, 0.1) is 17.8 Å². The van der Waals surface area contributed by atoms with Gasteiger partial charge in [0.05, 0.1) is 27.8 Å². The van der Waals surface area contributed by atoms with Crippen LogP contribution in [0.3, 0.4) is 0 Å². The number of pyridine rings is 2. The van der Waals surface area contributed by atoms with Crippen molar-refractivity contribution < 1.29 is 155 Å². The van der Waals surface area contributed by atoms with Crippen LogP contribution in [-0.2, 0) is 123 Å². The van der Waals surface area contributed by atoms with Gasteiger partial charge in [0, 0.05) is 39.1 Å². The summed E-state index contributed by atoms with van der Waals surface area (Å²) in [5.74, 6) is -0.429. The number of aliphatic carboxylic acids is 1. The second kappa shape index (κ2) is 67.3. The first-order valence-corrected chi connectivity index (χ1v) is 55.4. The van der Waals surface area contributed by atoms with Gasteiger partial charge in [0.2, 0.25) is 20.4 Å². The summed E-state index contributed by atoms with van der Waals surface area (Å²) < 4.78 is 221. The molecule has 6 rings (SSSR count). The van der Waals surface area contributed by atoms with Crippen LogP contribution in [0.25, 0.3) is 16.8 Å². The zero-order chi connectivity index (χ0) is 97.0. The first kappa shape index (κ1) is 136. The minimum absolute atomic E-state index is 0. The second-order valence-corrected chi connectivity index (χ2v) is 50.5. The zero-order valence-electron chi connectivity index (χ0n) is 70.1. The molecule has 0 radical (unpaired) electrons. The number of nitrogens with one attached hydrogen (secondary N) is 1. The number of alkyl carbamates (subject to hydrolysis) is 1. The largest absolute Gasteiger partial charge is 1.00 e. The van der Waals surface area contributed by atoms with E-state index in [2.05, 4.69) is 213 Å². The summed E-state index contributed by atoms with van der Waals surface area (Å²) in [6.45, 7) is 46.3. The molecule has 2 amide bonds. The standard InChI is InChI=1S/C19H18BrN3O3.C10H21ClOSi.C10H22O2Si.C8H10F3NO4S.C7H11NO2.C6H15N.C5H3Br2N.C2F6O5S2.CNO.CH4.Ag.Cl2OS.2HOPS/c1-2-14(23-19(24)26-11-13-7-4-3-5-8-13)18-22-16(12-25-18)15-9-6-10-17(20)21-15;2*1-8(9(11)12)7-13(5,6)10(2,3)4;1-3-5(2)7-12-6(4-15-7)16-17(13,14)8(9,10)11;1-3-5(2)7-8-6(9)4-10-7;1-4-7(5-2)6-3;6-4-2-1-3-5(7)8-4;3-1(4,5)14(9,10)13-15(11,12)2(6,7)8;2-1-3;;;1-4(2)3;2*1-3-2/h3-10,12,14H,2,11H2,1H3,(H,23,24);8H,7H2,1-6H3;8H,7H2,1-6H3,(H,11,12);4-5H,3H2,1-2H3;5H,3-4H2,1-2H3;4-6H2,1-3H3;1-3H;;;1H4;;;2*2H/q;;;;;;;;-1;;+1;;;.